The number of hydrogen-bond acceptors (Lipinski definition) is 5. The minimum absolute atomic E-state index is 0.185. The van der Waals surface area contributed by atoms with Gasteiger partial charge in [-0.3, -0.25) is 9.59 Å². The highest BCUT2D eigenvalue weighted by Gasteiger charge is 2.36. The minimum Gasteiger partial charge on any atom is -0.490 e. The van der Waals surface area contributed by atoms with Crippen LogP contribution in [0.2, 0.25) is 0 Å². The second-order valence-corrected chi connectivity index (χ2v) is 7.15. The average Bonchev–Trinajstić information content (AvgIpc) is 2.76. The highest BCUT2D eigenvalue weighted by atomic mass is 16.5. The molecule has 0 aromatic heterocycles. The molecule has 2 aromatic carbocycles. The van der Waals surface area contributed by atoms with Crippen molar-refractivity contribution in [1.29, 1.82) is 0 Å². The Kier molecular flexibility index (Phi) is 7.39. The molecule has 0 aliphatic carbocycles. The molecule has 0 saturated carbocycles. The third-order valence-corrected chi connectivity index (χ3v) is 5.11. The summed E-state index contributed by atoms with van der Waals surface area (Å²) in [5.74, 6) is 0.942. The summed E-state index contributed by atoms with van der Waals surface area (Å²) in [5, 5.41) is 2.88. The van der Waals surface area contributed by atoms with Crippen LogP contribution in [0.25, 0.3) is 0 Å². The summed E-state index contributed by atoms with van der Waals surface area (Å²) in [5.41, 5.74) is 2.16. The van der Waals surface area contributed by atoms with Gasteiger partial charge in [-0.25, -0.2) is 0 Å². The molecule has 1 N–H and O–H groups in total. The summed E-state index contributed by atoms with van der Waals surface area (Å²) in [6, 6.07) is 10.3. The molecule has 0 spiro atoms. The quantitative estimate of drug-likeness (QED) is 0.699. The van der Waals surface area contributed by atoms with E-state index in [1.54, 1.807) is 17.0 Å². The van der Waals surface area contributed by atoms with Crippen molar-refractivity contribution in [3.63, 3.8) is 0 Å². The Morgan fingerprint density at radius 1 is 1.03 bits per heavy atom. The summed E-state index contributed by atoms with van der Waals surface area (Å²) in [7, 11) is 0. The smallest absolute Gasteiger partial charge is 0.255 e. The number of nitrogens with one attached hydrogen (secondary N) is 1. The van der Waals surface area contributed by atoms with Crippen LogP contribution in [0.1, 0.15) is 48.3 Å². The zero-order chi connectivity index (χ0) is 22.4. The van der Waals surface area contributed by atoms with E-state index in [4.69, 9.17) is 14.2 Å². The molecule has 1 aliphatic rings. The van der Waals surface area contributed by atoms with Crippen molar-refractivity contribution in [2.24, 2.45) is 0 Å². The first-order valence-electron chi connectivity index (χ1n) is 10.7. The van der Waals surface area contributed by atoms with Gasteiger partial charge in [0.25, 0.3) is 5.91 Å². The first-order chi connectivity index (χ1) is 15.0. The van der Waals surface area contributed by atoms with Crippen molar-refractivity contribution in [2.45, 2.75) is 33.7 Å². The van der Waals surface area contributed by atoms with Crippen LogP contribution in [0.3, 0.4) is 0 Å². The topological polar surface area (TPSA) is 77.1 Å². The van der Waals surface area contributed by atoms with Crippen LogP contribution in [0.15, 0.2) is 36.4 Å². The lowest BCUT2D eigenvalue weighted by Gasteiger charge is -2.36. The molecule has 1 fully saturated rings. The van der Waals surface area contributed by atoms with Crippen molar-refractivity contribution >= 4 is 11.8 Å². The lowest BCUT2D eigenvalue weighted by atomic mass is 9.97. The SMILES string of the molecule is CCOc1cc(C(=O)N2CCNC(=O)C2c2ccccc2C)cc(OCC)c1OCC. The minimum atomic E-state index is -0.694. The van der Waals surface area contributed by atoms with Gasteiger partial charge >= 0.3 is 0 Å². The van der Waals surface area contributed by atoms with Crippen molar-refractivity contribution in [3.05, 3.63) is 53.1 Å². The monoisotopic (exact) mass is 426 g/mol. The summed E-state index contributed by atoms with van der Waals surface area (Å²) in [6.07, 6.45) is 0. The van der Waals surface area contributed by atoms with Crippen LogP contribution >= 0.6 is 0 Å². The fraction of sp³-hybridized carbons (Fsp3) is 0.417. The predicted molar refractivity (Wildman–Crippen MR) is 118 cm³/mol. The number of nitrogens with zero attached hydrogens (tertiary/aromatic N) is 1. The molecule has 31 heavy (non-hydrogen) atoms. The number of rotatable bonds is 8. The van der Waals surface area contributed by atoms with Crippen LogP contribution in [0.5, 0.6) is 17.2 Å². The van der Waals surface area contributed by atoms with Gasteiger partial charge in [0, 0.05) is 18.7 Å². The zero-order valence-corrected chi connectivity index (χ0v) is 18.6. The third kappa shape index (κ3) is 4.76. The Hall–Kier alpha value is -3.22. The molecule has 7 heteroatoms. The standard InChI is InChI=1S/C24H30N2O5/c1-5-29-19-14-17(15-20(30-6-2)22(19)31-7-3)24(28)26-13-12-25-23(27)21(26)18-11-9-8-10-16(18)4/h8-11,14-15,21H,5-7,12-13H2,1-4H3,(H,25,27). The van der Waals surface area contributed by atoms with E-state index in [-0.39, 0.29) is 11.8 Å². The van der Waals surface area contributed by atoms with Crippen LogP contribution in [-0.4, -0.2) is 49.6 Å². The van der Waals surface area contributed by atoms with Crippen LogP contribution in [0.4, 0.5) is 0 Å². The number of ether oxygens (including phenoxy) is 3. The zero-order valence-electron chi connectivity index (χ0n) is 18.6. The van der Waals surface area contributed by atoms with E-state index in [1.165, 1.54) is 0 Å². The lowest BCUT2D eigenvalue weighted by Crippen LogP contribution is -2.52. The third-order valence-electron chi connectivity index (χ3n) is 5.11. The maximum Gasteiger partial charge on any atom is 0.255 e. The van der Waals surface area contributed by atoms with E-state index >= 15 is 0 Å². The van der Waals surface area contributed by atoms with Gasteiger partial charge in [0.15, 0.2) is 11.5 Å². The van der Waals surface area contributed by atoms with Gasteiger partial charge in [-0.1, -0.05) is 24.3 Å². The molecule has 166 valence electrons. The van der Waals surface area contributed by atoms with Crippen LogP contribution in [0, 0.1) is 6.92 Å². The maximum atomic E-state index is 13.6. The highest BCUT2D eigenvalue weighted by Crippen LogP contribution is 2.40. The molecule has 7 nitrogen and oxygen atoms in total. The van der Waals surface area contributed by atoms with Gasteiger partial charge < -0.3 is 24.4 Å². The van der Waals surface area contributed by atoms with Gasteiger partial charge in [-0.15, -0.1) is 0 Å². The second-order valence-electron chi connectivity index (χ2n) is 7.15. The molecule has 1 unspecified atom stereocenters. The number of hydrogen-bond donors (Lipinski definition) is 1. The van der Waals surface area contributed by atoms with Crippen molar-refractivity contribution < 1.29 is 23.8 Å². The first kappa shape index (κ1) is 22.5. The number of benzene rings is 2. The number of amides is 2. The summed E-state index contributed by atoms with van der Waals surface area (Å²) >= 11 is 0. The fourth-order valence-electron chi connectivity index (χ4n) is 3.77. The fourth-order valence-corrected chi connectivity index (χ4v) is 3.77. The van der Waals surface area contributed by atoms with Gasteiger partial charge in [-0.2, -0.15) is 0 Å². The van der Waals surface area contributed by atoms with Gasteiger partial charge in [0.2, 0.25) is 11.7 Å². The largest absolute Gasteiger partial charge is 0.490 e. The number of carbonyl (C=O) groups excluding carboxylic acids is 2. The molecule has 0 radical (unpaired) electrons. The molecule has 2 aromatic rings. The van der Waals surface area contributed by atoms with Crippen molar-refractivity contribution in [2.75, 3.05) is 32.9 Å². The van der Waals surface area contributed by atoms with Gasteiger partial charge in [0.1, 0.15) is 6.04 Å². The average molecular weight is 427 g/mol. The van der Waals surface area contributed by atoms with Gasteiger partial charge in [0.05, 0.1) is 19.8 Å². The van der Waals surface area contributed by atoms with Crippen LogP contribution < -0.4 is 19.5 Å². The van der Waals surface area contributed by atoms with E-state index in [2.05, 4.69) is 5.32 Å². The van der Waals surface area contributed by atoms with Crippen molar-refractivity contribution in [3.8, 4) is 17.2 Å². The molecule has 1 heterocycles. The normalized spacial score (nSPS) is 15.9. The van der Waals surface area contributed by atoms with E-state index in [0.29, 0.717) is 55.7 Å². The van der Waals surface area contributed by atoms with Crippen molar-refractivity contribution in [1.82, 2.24) is 10.2 Å². The summed E-state index contributed by atoms with van der Waals surface area (Å²) in [4.78, 5) is 28.0. The Morgan fingerprint density at radius 3 is 2.23 bits per heavy atom. The summed E-state index contributed by atoms with van der Waals surface area (Å²) < 4.78 is 17.2. The molecular formula is C24H30N2O5. The number of piperazine rings is 1. The maximum absolute atomic E-state index is 13.6. The Balaban J connectivity index is 2.05. The molecule has 2 amide bonds. The van der Waals surface area contributed by atoms with Crippen LogP contribution in [-0.2, 0) is 4.79 Å². The second kappa shape index (κ2) is 10.2. The molecule has 1 aliphatic heterocycles. The van der Waals surface area contributed by atoms with E-state index in [9.17, 15) is 9.59 Å². The lowest BCUT2D eigenvalue weighted by molar-refractivity contribution is -0.128. The number of aryl methyl sites for hydroxylation is 1. The Morgan fingerprint density at radius 2 is 1.65 bits per heavy atom. The molecular weight excluding hydrogens is 396 g/mol. The molecule has 0 bridgehead atoms. The predicted octanol–water partition coefficient (Wildman–Crippen LogP) is 3.50. The molecule has 3 rings (SSSR count). The Bertz CT molecular complexity index is 916. The van der Waals surface area contributed by atoms with E-state index in [1.807, 2.05) is 52.0 Å². The number of carbonyl (C=O) groups is 2. The summed E-state index contributed by atoms with van der Waals surface area (Å²) in [6.45, 7) is 9.64. The Labute approximate surface area is 183 Å². The van der Waals surface area contributed by atoms with Gasteiger partial charge in [-0.05, 0) is 51.0 Å². The first-order valence-corrected chi connectivity index (χ1v) is 10.7. The molecule has 1 atom stereocenters. The molecule has 1 saturated heterocycles. The highest BCUT2D eigenvalue weighted by molar-refractivity contribution is 5.99. The van der Waals surface area contributed by atoms with E-state index < -0.39 is 6.04 Å². The van der Waals surface area contributed by atoms with E-state index in [0.717, 1.165) is 11.1 Å².